The summed E-state index contributed by atoms with van der Waals surface area (Å²) in [6.45, 7) is 4.53. The molecule has 0 atom stereocenters. The van der Waals surface area contributed by atoms with Crippen LogP contribution in [0.5, 0.6) is 0 Å². The van der Waals surface area contributed by atoms with Crippen molar-refractivity contribution in [1.29, 1.82) is 5.26 Å². The van der Waals surface area contributed by atoms with Gasteiger partial charge < -0.3 is 5.73 Å². The molecule has 104 valence electrons. The topological polar surface area (TPSA) is 87.2 Å². The highest BCUT2D eigenvalue weighted by Crippen LogP contribution is 2.21. The Morgan fingerprint density at radius 2 is 2.05 bits per heavy atom. The zero-order chi connectivity index (χ0) is 14.7. The summed E-state index contributed by atoms with van der Waals surface area (Å²) in [6, 6.07) is 7.93. The minimum Gasteiger partial charge on any atom is -0.330 e. The summed E-state index contributed by atoms with van der Waals surface area (Å²) < 4.78 is 26.0. The van der Waals surface area contributed by atoms with Crippen LogP contribution in [0.1, 0.15) is 19.4 Å². The fraction of sp³-hybridized carbons (Fsp3) is 0.462. The predicted molar refractivity (Wildman–Crippen MR) is 73.8 cm³/mol. The van der Waals surface area contributed by atoms with E-state index in [1.54, 1.807) is 12.1 Å². The van der Waals surface area contributed by atoms with Crippen molar-refractivity contribution >= 4 is 10.0 Å². The van der Waals surface area contributed by atoms with Gasteiger partial charge >= 0.3 is 0 Å². The van der Waals surface area contributed by atoms with E-state index in [4.69, 9.17) is 11.0 Å². The molecule has 1 aromatic carbocycles. The fourth-order valence-electron chi connectivity index (χ4n) is 1.66. The standard InChI is InChI=1S/C13H19N3O2S/c1-13(2,9-15)10-16(3)19(17,18)12-6-4-5-11(7-12)8-14/h4-7H,9-10,15H2,1-3H3. The van der Waals surface area contributed by atoms with Crippen LogP contribution in [0.4, 0.5) is 0 Å². The van der Waals surface area contributed by atoms with E-state index in [2.05, 4.69) is 0 Å². The molecule has 5 nitrogen and oxygen atoms in total. The molecule has 0 aliphatic heterocycles. The van der Waals surface area contributed by atoms with Crippen LogP contribution in [0.2, 0.25) is 0 Å². The number of nitrogens with two attached hydrogens (primary N) is 1. The van der Waals surface area contributed by atoms with Crippen LogP contribution in [0.15, 0.2) is 29.2 Å². The van der Waals surface area contributed by atoms with Crippen molar-refractivity contribution in [3.8, 4) is 6.07 Å². The summed E-state index contributed by atoms with van der Waals surface area (Å²) in [7, 11) is -2.07. The maximum atomic E-state index is 12.4. The van der Waals surface area contributed by atoms with Crippen LogP contribution in [0.3, 0.4) is 0 Å². The largest absolute Gasteiger partial charge is 0.330 e. The van der Waals surface area contributed by atoms with E-state index in [9.17, 15) is 8.42 Å². The van der Waals surface area contributed by atoms with Crippen molar-refractivity contribution in [3.63, 3.8) is 0 Å². The maximum Gasteiger partial charge on any atom is 0.242 e. The molecule has 0 bridgehead atoms. The van der Waals surface area contributed by atoms with Gasteiger partial charge in [-0.3, -0.25) is 0 Å². The molecule has 0 saturated carbocycles. The molecule has 1 aromatic rings. The van der Waals surface area contributed by atoms with E-state index in [1.165, 1.54) is 23.5 Å². The van der Waals surface area contributed by atoms with Crippen LogP contribution in [0.25, 0.3) is 0 Å². The minimum atomic E-state index is -3.59. The van der Waals surface area contributed by atoms with Crippen molar-refractivity contribution < 1.29 is 8.42 Å². The van der Waals surface area contributed by atoms with Crippen molar-refractivity contribution in [2.45, 2.75) is 18.7 Å². The molecule has 0 radical (unpaired) electrons. The lowest BCUT2D eigenvalue weighted by molar-refractivity contribution is 0.292. The summed E-state index contributed by atoms with van der Waals surface area (Å²) >= 11 is 0. The van der Waals surface area contributed by atoms with E-state index in [1.807, 2.05) is 19.9 Å². The van der Waals surface area contributed by atoms with Gasteiger partial charge in [-0.25, -0.2) is 12.7 Å². The Morgan fingerprint density at radius 3 is 2.58 bits per heavy atom. The quantitative estimate of drug-likeness (QED) is 0.877. The summed E-state index contributed by atoms with van der Waals surface area (Å²) in [4.78, 5) is 0.127. The Kier molecular flexibility index (Phi) is 4.69. The maximum absolute atomic E-state index is 12.4. The smallest absolute Gasteiger partial charge is 0.242 e. The van der Waals surface area contributed by atoms with E-state index >= 15 is 0 Å². The number of benzene rings is 1. The van der Waals surface area contributed by atoms with Crippen LogP contribution in [-0.4, -0.2) is 32.9 Å². The Morgan fingerprint density at radius 1 is 1.42 bits per heavy atom. The lowest BCUT2D eigenvalue weighted by Crippen LogP contribution is -2.39. The van der Waals surface area contributed by atoms with E-state index in [-0.39, 0.29) is 10.3 Å². The molecule has 1 rings (SSSR count). The third-order valence-corrected chi connectivity index (χ3v) is 4.67. The molecule has 0 heterocycles. The molecule has 0 fully saturated rings. The van der Waals surface area contributed by atoms with Gasteiger partial charge in [-0.2, -0.15) is 5.26 Å². The number of hydrogen-bond donors (Lipinski definition) is 1. The molecule has 19 heavy (non-hydrogen) atoms. The minimum absolute atomic E-state index is 0.127. The first-order valence-electron chi connectivity index (χ1n) is 5.89. The number of nitriles is 1. The second-order valence-electron chi connectivity index (χ2n) is 5.27. The second kappa shape index (κ2) is 5.70. The Bertz CT molecular complexity index is 588. The monoisotopic (exact) mass is 281 g/mol. The van der Waals surface area contributed by atoms with Crippen LogP contribution < -0.4 is 5.73 Å². The van der Waals surface area contributed by atoms with Crippen LogP contribution in [0, 0.1) is 16.7 Å². The van der Waals surface area contributed by atoms with Gasteiger partial charge in [-0.15, -0.1) is 0 Å². The SMILES string of the molecule is CN(CC(C)(C)CN)S(=O)(=O)c1cccc(C#N)c1. The Hall–Kier alpha value is -1.42. The van der Waals surface area contributed by atoms with Crippen molar-refractivity contribution in [2.75, 3.05) is 20.1 Å². The highest BCUT2D eigenvalue weighted by molar-refractivity contribution is 7.89. The summed E-state index contributed by atoms with van der Waals surface area (Å²) in [5.74, 6) is 0. The molecular formula is C13H19N3O2S. The Labute approximate surface area is 114 Å². The van der Waals surface area contributed by atoms with Gasteiger partial charge in [0.2, 0.25) is 10.0 Å². The number of hydrogen-bond acceptors (Lipinski definition) is 4. The van der Waals surface area contributed by atoms with Crippen molar-refractivity contribution in [2.24, 2.45) is 11.1 Å². The van der Waals surface area contributed by atoms with Gasteiger partial charge in [0.25, 0.3) is 0 Å². The molecule has 2 N–H and O–H groups in total. The average Bonchev–Trinajstić information content (AvgIpc) is 2.38. The molecule has 0 saturated heterocycles. The summed E-state index contributed by atoms with van der Waals surface area (Å²) in [5, 5.41) is 8.82. The van der Waals surface area contributed by atoms with E-state index in [0.717, 1.165) is 0 Å². The Balaban J connectivity index is 3.07. The molecular weight excluding hydrogens is 262 g/mol. The van der Waals surface area contributed by atoms with E-state index in [0.29, 0.717) is 18.7 Å². The van der Waals surface area contributed by atoms with E-state index < -0.39 is 10.0 Å². The van der Waals surface area contributed by atoms with Gasteiger partial charge in [0, 0.05) is 13.6 Å². The molecule has 0 aromatic heterocycles. The fourth-order valence-corrected chi connectivity index (χ4v) is 3.06. The molecule has 6 heteroatoms. The first-order valence-corrected chi connectivity index (χ1v) is 7.33. The second-order valence-corrected chi connectivity index (χ2v) is 7.31. The van der Waals surface area contributed by atoms with Crippen molar-refractivity contribution in [1.82, 2.24) is 4.31 Å². The van der Waals surface area contributed by atoms with Gasteiger partial charge in [-0.05, 0) is 30.2 Å². The first-order chi connectivity index (χ1) is 8.73. The summed E-state index contributed by atoms with van der Waals surface area (Å²) in [6.07, 6.45) is 0. The third kappa shape index (κ3) is 3.77. The molecule has 0 aliphatic rings. The molecule has 0 aliphatic carbocycles. The predicted octanol–water partition coefficient (Wildman–Crippen LogP) is 1.16. The molecule has 0 unspecified atom stereocenters. The van der Waals surface area contributed by atoms with Crippen LogP contribution in [-0.2, 0) is 10.0 Å². The summed E-state index contributed by atoms with van der Waals surface area (Å²) in [5.41, 5.74) is 5.65. The highest BCUT2D eigenvalue weighted by atomic mass is 32.2. The molecule has 0 amide bonds. The number of sulfonamides is 1. The highest BCUT2D eigenvalue weighted by Gasteiger charge is 2.27. The molecule has 0 spiro atoms. The van der Waals surface area contributed by atoms with Gasteiger partial charge in [0.15, 0.2) is 0 Å². The lowest BCUT2D eigenvalue weighted by atomic mass is 9.94. The van der Waals surface area contributed by atoms with Gasteiger partial charge in [-0.1, -0.05) is 19.9 Å². The van der Waals surface area contributed by atoms with Crippen molar-refractivity contribution in [3.05, 3.63) is 29.8 Å². The number of nitrogens with zero attached hydrogens (tertiary/aromatic N) is 2. The normalized spacial score (nSPS) is 12.4. The first kappa shape index (κ1) is 15.6. The lowest BCUT2D eigenvalue weighted by Gasteiger charge is -2.28. The average molecular weight is 281 g/mol. The zero-order valence-corrected chi connectivity index (χ0v) is 12.2. The van der Waals surface area contributed by atoms with Gasteiger partial charge in [0.1, 0.15) is 0 Å². The van der Waals surface area contributed by atoms with Crippen LogP contribution >= 0.6 is 0 Å². The van der Waals surface area contributed by atoms with Gasteiger partial charge in [0.05, 0.1) is 16.5 Å². The zero-order valence-electron chi connectivity index (χ0n) is 11.4. The number of rotatable bonds is 5. The third-order valence-electron chi connectivity index (χ3n) is 2.87.